The van der Waals surface area contributed by atoms with Crippen LogP contribution in [0.5, 0.6) is 0 Å². The number of hydrogen-bond acceptors (Lipinski definition) is 3. The molecule has 2 nitrogen and oxygen atoms in total. The Morgan fingerprint density at radius 2 is 2.22 bits per heavy atom. The van der Waals surface area contributed by atoms with Gasteiger partial charge in [-0.05, 0) is 57.1 Å². The SMILES string of the molecule is Nc1ccc(CN2CCc3sccc3C2)cc1Br. The first-order valence-corrected chi connectivity index (χ1v) is 7.71. The average Bonchev–Trinajstić information content (AvgIpc) is 2.81. The van der Waals surface area contributed by atoms with Gasteiger partial charge in [-0.2, -0.15) is 0 Å². The number of nitrogens with two attached hydrogens (primary N) is 1. The fraction of sp³-hybridized carbons (Fsp3) is 0.286. The third-order valence-corrected chi connectivity index (χ3v) is 5.07. The van der Waals surface area contributed by atoms with E-state index in [1.807, 2.05) is 17.4 Å². The third kappa shape index (κ3) is 2.46. The zero-order chi connectivity index (χ0) is 12.5. The van der Waals surface area contributed by atoms with Crippen LogP contribution in [0, 0.1) is 0 Å². The lowest BCUT2D eigenvalue weighted by Crippen LogP contribution is -2.29. The highest BCUT2D eigenvalue weighted by molar-refractivity contribution is 9.10. The van der Waals surface area contributed by atoms with Gasteiger partial charge in [-0.25, -0.2) is 0 Å². The van der Waals surface area contributed by atoms with Crippen LogP contribution in [0.4, 0.5) is 5.69 Å². The maximum absolute atomic E-state index is 5.81. The monoisotopic (exact) mass is 322 g/mol. The van der Waals surface area contributed by atoms with E-state index in [4.69, 9.17) is 5.73 Å². The molecule has 0 atom stereocenters. The quantitative estimate of drug-likeness (QED) is 0.855. The molecule has 0 unspecified atom stereocenters. The molecule has 3 rings (SSSR count). The third-order valence-electron chi connectivity index (χ3n) is 3.36. The summed E-state index contributed by atoms with van der Waals surface area (Å²) in [6.07, 6.45) is 1.18. The van der Waals surface area contributed by atoms with Gasteiger partial charge < -0.3 is 5.73 Å². The molecule has 0 saturated carbocycles. The van der Waals surface area contributed by atoms with Gasteiger partial charge in [0.15, 0.2) is 0 Å². The zero-order valence-corrected chi connectivity index (χ0v) is 12.4. The van der Waals surface area contributed by atoms with Crippen LogP contribution in [0.3, 0.4) is 0 Å². The molecule has 0 aliphatic carbocycles. The Balaban J connectivity index is 1.72. The summed E-state index contributed by atoms with van der Waals surface area (Å²) in [6.45, 7) is 3.21. The minimum Gasteiger partial charge on any atom is -0.398 e. The molecular formula is C14H15BrN2S. The Kier molecular flexibility index (Phi) is 3.41. The first-order valence-electron chi connectivity index (χ1n) is 6.04. The second-order valence-corrected chi connectivity index (χ2v) is 6.54. The van der Waals surface area contributed by atoms with E-state index in [-0.39, 0.29) is 0 Å². The summed E-state index contributed by atoms with van der Waals surface area (Å²) < 4.78 is 0.994. The molecule has 0 spiro atoms. The van der Waals surface area contributed by atoms with Crippen molar-refractivity contribution in [3.05, 3.63) is 50.1 Å². The van der Waals surface area contributed by atoms with Crippen molar-refractivity contribution in [3.8, 4) is 0 Å². The second-order valence-electron chi connectivity index (χ2n) is 4.69. The molecule has 0 saturated heterocycles. The molecule has 2 aromatic rings. The highest BCUT2D eigenvalue weighted by Gasteiger charge is 2.17. The minimum atomic E-state index is 0.803. The highest BCUT2D eigenvalue weighted by atomic mass is 79.9. The lowest BCUT2D eigenvalue weighted by molar-refractivity contribution is 0.247. The van der Waals surface area contributed by atoms with Gasteiger partial charge in [-0.3, -0.25) is 4.90 Å². The molecule has 1 aromatic heterocycles. The second kappa shape index (κ2) is 5.03. The molecule has 2 heterocycles. The summed E-state index contributed by atoms with van der Waals surface area (Å²) in [5.41, 5.74) is 9.43. The zero-order valence-electron chi connectivity index (χ0n) is 10.0. The van der Waals surface area contributed by atoms with Crippen LogP contribution in [-0.4, -0.2) is 11.4 Å². The van der Waals surface area contributed by atoms with Gasteiger partial charge in [0.1, 0.15) is 0 Å². The Labute approximate surface area is 120 Å². The number of nitrogen functional groups attached to an aromatic ring is 1. The van der Waals surface area contributed by atoms with E-state index in [2.05, 4.69) is 44.4 Å². The van der Waals surface area contributed by atoms with Crippen molar-refractivity contribution >= 4 is 33.0 Å². The smallest absolute Gasteiger partial charge is 0.0458 e. The van der Waals surface area contributed by atoms with E-state index in [1.165, 1.54) is 17.5 Å². The fourth-order valence-electron chi connectivity index (χ4n) is 2.37. The molecule has 18 heavy (non-hydrogen) atoms. The Hall–Kier alpha value is -0.840. The lowest BCUT2D eigenvalue weighted by atomic mass is 10.1. The van der Waals surface area contributed by atoms with Crippen molar-refractivity contribution in [2.75, 3.05) is 12.3 Å². The van der Waals surface area contributed by atoms with E-state index >= 15 is 0 Å². The van der Waals surface area contributed by atoms with Crippen molar-refractivity contribution in [2.24, 2.45) is 0 Å². The molecular weight excluding hydrogens is 308 g/mol. The van der Waals surface area contributed by atoms with Gasteiger partial charge >= 0.3 is 0 Å². The standard InChI is InChI=1S/C14H15BrN2S/c15-12-7-10(1-2-13(12)16)8-17-5-3-14-11(9-17)4-6-18-14/h1-2,4,6-7H,3,5,8-9,16H2. The van der Waals surface area contributed by atoms with Gasteiger partial charge in [-0.15, -0.1) is 11.3 Å². The van der Waals surface area contributed by atoms with Gasteiger partial charge in [0.2, 0.25) is 0 Å². The molecule has 0 radical (unpaired) electrons. The van der Waals surface area contributed by atoms with E-state index in [0.717, 1.165) is 29.8 Å². The summed E-state index contributed by atoms with van der Waals surface area (Å²) in [5, 5.41) is 2.20. The predicted octanol–water partition coefficient (Wildman–Crippen LogP) is 3.65. The predicted molar refractivity (Wildman–Crippen MR) is 80.7 cm³/mol. The van der Waals surface area contributed by atoms with Crippen LogP contribution >= 0.6 is 27.3 Å². The van der Waals surface area contributed by atoms with Crippen LogP contribution < -0.4 is 5.73 Å². The molecule has 1 aliphatic rings. The number of benzene rings is 1. The minimum absolute atomic E-state index is 0.803. The van der Waals surface area contributed by atoms with Crippen LogP contribution in [0.1, 0.15) is 16.0 Å². The Bertz CT molecular complexity index is 565. The first-order chi connectivity index (χ1) is 8.72. The molecule has 0 bridgehead atoms. The number of hydrogen-bond donors (Lipinski definition) is 1. The van der Waals surface area contributed by atoms with E-state index in [0.29, 0.717) is 0 Å². The number of anilines is 1. The van der Waals surface area contributed by atoms with Crippen molar-refractivity contribution in [1.29, 1.82) is 0 Å². The first kappa shape index (κ1) is 12.2. The molecule has 4 heteroatoms. The van der Waals surface area contributed by atoms with Gasteiger partial charge in [0.05, 0.1) is 0 Å². The van der Waals surface area contributed by atoms with Crippen LogP contribution in [-0.2, 0) is 19.5 Å². The molecule has 0 fully saturated rings. The van der Waals surface area contributed by atoms with Crippen LogP contribution in [0.15, 0.2) is 34.1 Å². The number of fused-ring (bicyclic) bond motifs is 1. The molecule has 0 amide bonds. The van der Waals surface area contributed by atoms with Crippen LogP contribution in [0.2, 0.25) is 0 Å². The van der Waals surface area contributed by atoms with Gasteiger partial charge in [0, 0.05) is 34.7 Å². The summed E-state index contributed by atoms with van der Waals surface area (Å²) >= 11 is 5.38. The van der Waals surface area contributed by atoms with Gasteiger partial charge in [0.25, 0.3) is 0 Å². The Morgan fingerprint density at radius 3 is 3.06 bits per heavy atom. The summed E-state index contributed by atoms with van der Waals surface area (Å²) in [5.74, 6) is 0. The number of halogens is 1. The average molecular weight is 323 g/mol. The number of nitrogens with zero attached hydrogens (tertiary/aromatic N) is 1. The highest BCUT2D eigenvalue weighted by Crippen LogP contribution is 2.26. The number of rotatable bonds is 2. The molecule has 1 aliphatic heterocycles. The molecule has 2 N–H and O–H groups in total. The summed E-state index contributed by atoms with van der Waals surface area (Å²) in [6, 6.07) is 8.46. The van der Waals surface area contributed by atoms with Crippen molar-refractivity contribution in [3.63, 3.8) is 0 Å². The van der Waals surface area contributed by atoms with Crippen molar-refractivity contribution in [2.45, 2.75) is 19.5 Å². The summed E-state index contributed by atoms with van der Waals surface area (Å²) in [4.78, 5) is 4.05. The maximum Gasteiger partial charge on any atom is 0.0458 e. The van der Waals surface area contributed by atoms with Crippen LogP contribution in [0.25, 0.3) is 0 Å². The van der Waals surface area contributed by atoms with E-state index in [1.54, 1.807) is 4.88 Å². The molecule has 1 aromatic carbocycles. The Morgan fingerprint density at radius 1 is 1.33 bits per heavy atom. The maximum atomic E-state index is 5.81. The fourth-order valence-corrected chi connectivity index (χ4v) is 3.68. The van der Waals surface area contributed by atoms with Crippen molar-refractivity contribution in [1.82, 2.24) is 4.90 Å². The molecule has 94 valence electrons. The normalized spacial score (nSPS) is 15.6. The topological polar surface area (TPSA) is 29.3 Å². The van der Waals surface area contributed by atoms with Crippen molar-refractivity contribution < 1.29 is 0 Å². The number of thiophene rings is 1. The van der Waals surface area contributed by atoms with E-state index in [9.17, 15) is 0 Å². The van der Waals surface area contributed by atoms with Gasteiger partial charge in [-0.1, -0.05) is 6.07 Å². The van der Waals surface area contributed by atoms with E-state index < -0.39 is 0 Å². The lowest BCUT2D eigenvalue weighted by Gasteiger charge is -2.26. The summed E-state index contributed by atoms with van der Waals surface area (Å²) in [7, 11) is 0. The largest absolute Gasteiger partial charge is 0.398 e.